The predicted molar refractivity (Wildman–Crippen MR) is 101 cm³/mol. The van der Waals surface area contributed by atoms with Crippen molar-refractivity contribution in [2.75, 3.05) is 18.1 Å². The van der Waals surface area contributed by atoms with Crippen molar-refractivity contribution in [3.63, 3.8) is 0 Å². The first kappa shape index (κ1) is 17.1. The van der Waals surface area contributed by atoms with E-state index in [1.165, 1.54) is 42.0 Å². The Labute approximate surface area is 140 Å². The molecule has 112 valence electrons. The summed E-state index contributed by atoms with van der Waals surface area (Å²) in [6.45, 7) is 2.28. The molecule has 0 heterocycles. The molecule has 2 aromatic carbocycles. The predicted octanol–water partition coefficient (Wildman–Crippen LogP) is 5.24. The molecule has 0 radical (unpaired) electrons. The third-order valence-corrected chi connectivity index (χ3v) is 13.6. The van der Waals surface area contributed by atoms with Crippen LogP contribution >= 0.6 is 16.1 Å². The number of benzene rings is 2. The van der Waals surface area contributed by atoms with Gasteiger partial charge >= 0.3 is 141 Å². The van der Waals surface area contributed by atoms with Crippen LogP contribution in [0.3, 0.4) is 0 Å². The first-order valence-corrected chi connectivity index (χ1v) is 13.5. The second-order valence-electron chi connectivity index (χ2n) is 5.15. The van der Waals surface area contributed by atoms with Crippen molar-refractivity contribution in [1.82, 2.24) is 0 Å². The molecule has 0 saturated carbocycles. The Balaban J connectivity index is 1.94. The van der Waals surface area contributed by atoms with Gasteiger partial charge in [0.2, 0.25) is 0 Å². The average molecular weight is 381 g/mol. The molecule has 0 fully saturated rings. The molecule has 0 unspecified atom stereocenters. The third-order valence-electron chi connectivity index (χ3n) is 3.53. The van der Waals surface area contributed by atoms with Crippen molar-refractivity contribution in [3.8, 4) is 0 Å². The summed E-state index contributed by atoms with van der Waals surface area (Å²) in [6, 6.07) is 21.8. The van der Waals surface area contributed by atoms with Gasteiger partial charge in [-0.25, -0.2) is 0 Å². The summed E-state index contributed by atoms with van der Waals surface area (Å²) in [5.41, 5.74) is 2.93. The number of rotatable bonds is 8. The van der Waals surface area contributed by atoms with Crippen LogP contribution in [0.4, 0.5) is 0 Å². The van der Waals surface area contributed by atoms with E-state index in [0.29, 0.717) is 0 Å². The van der Waals surface area contributed by atoms with E-state index in [0.717, 1.165) is 0 Å². The van der Waals surface area contributed by atoms with Crippen molar-refractivity contribution in [1.29, 1.82) is 0 Å². The maximum absolute atomic E-state index is 3.61. The molecule has 2 rings (SSSR count). The van der Waals surface area contributed by atoms with Crippen molar-refractivity contribution in [2.45, 2.75) is 19.8 Å². The molecule has 0 aliphatic carbocycles. The molecular formula is C18H23PSSe. The Bertz CT molecular complexity index is 521. The van der Waals surface area contributed by atoms with Gasteiger partial charge in [-0.2, -0.15) is 0 Å². The Morgan fingerprint density at radius 1 is 0.810 bits per heavy atom. The zero-order valence-electron chi connectivity index (χ0n) is 12.6. The van der Waals surface area contributed by atoms with E-state index in [1.807, 2.05) is 0 Å². The second-order valence-corrected chi connectivity index (χ2v) is 17.3. The summed E-state index contributed by atoms with van der Waals surface area (Å²) < 4.78 is -1.01. The van der Waals surface area contributed by atoms with Gasteiger partial charge in [-0.3, -0.25) is 0 Å². The zero-order valence-corrected chi connectivity index (χ0v) is 16.0. The maximum atomic E-state index is 3.61. The van der Waals surface area contributed by atoms with Crippen molar-refractivity contribution >= 4 is 31.2 Å². The van der Waals surface area contributed by atoms with Gasteiger partial charge in [-0.1, -0.05) is 0 Å². The van der Waals surface area contributed by atoms with Crippen molar-refractivity contribution < 1.29 is 0 Å². The van der Waals surface area contributed by atoms with Crippen molar-refractivity contribution in [2.24, 2.45) is 0 Å². The van der Waals surface area contributed by atoms with Crippen LogP contribution in [0, 0.1) is 0 Å². The molecular weight excluding hydrogens is 358 g/mol. The topological polar surface area (TPSA) is 0 Å². The van der Waals surface area contributed by atoms with Gasteiger partial charge in [-0.05, 0) is 0 Å². The van der Waals surface area contributed by atoms with Gasteiger partial charge in [0.05, 0.1) is 0 Å². The first-order valence-electron chi connectivity index (χ1n) is 7.52. The molecule has 0 amide bonds. The monoisotopic (exact) mass is 382 g/mol. The number of hydrogen-bond donors (Lipinski definition) is 0. The van der Waals surface area contributed by atoms with Crippen LogP contribution in [-0.2, 0) is 12.8 Å². The molecule has 3 heteroatoms. The quantitative estimate of drug-likeness (QED) is 0.445. The molecule has 0 aliphatic rings. The SMILES string of the molecule is CCSP(=[Se])(CCc1ccccc1)CCc1ccccc1. The van der Waals surface area contributed by atoms with E-state index in [9.17, 15) is 0 Å². The van der Waals surface area contributed by atoms with E-state index in [4.69, 9.17) is 0 Å². The molecule has 0 spiro atoms. The molecule has 0 aliphatic heterocycles. The van der Waals surface area contributed by atoms with Crippen molar-refractivity contribution in [3.05, 3.63) is 71.8 Å². The number of hydrogen-bond acceptors (Lipinski definition) is 1. The Kier molecular flexibility index (Phi) is 7.34. The van der Waals surface area contributed by atoms with E-state index in [2.05, 4.69) is 94.1 Å². The first-order chi connectivity index (χ1) is 10.2. The third kappa shape index (κ3) is 6.17. The Morgan fingerprint density at radius 2 is 1.24 bits per heavy atom. The van der Waals surface area contributed by atoms with Crippen LogP contribution in [0.2, 0.25) is 0 Å². The summed E-state index contributed by atoms with van der Waals surface area (Å²) in [7, 11) is 0. The molecule has 2 aromatic rings. The zero-order chi connectivity index (χ0) is 15.0. The van der Waals surface area contributed by atoms with Crippen LogP contribution in [0.15, 0.2) is 60.7 Å². The molecule has 0 N–H and O–H groups in total. The van der Waals surface area contributed by atoms with Crippen LogP contribution in [0.5, 0.6) is 0 Å². The summed E-state index contributed by atoms with van der Waals surface area (Å²) >= 11 is 5.78. The fraction of sp³-hybridized carbons (Fsp3) is 0.333. The minimum absolute atomic E-state index is 1.01. The van der Waals surface area contributed by atoms with Crippen LogP contribution < -0.4 is 0 Å². The molecule has 0 saturated heterocycles. The fourth-order valence-electron chi connectivity index (χ4n) is 2.36. The number of aryl methyl sites for hydroxylation is 2. The summed E-state index contributed by atoms with van der Waals surface area (Å²) in [6.07, 6.45) is 5.01. The van der Waals surface area contributed by atoms with E-state index in [-0.39, 0.29) is 0 Å². The normalized spacial score (nSPS) is 11.5. The average Bonchev–Trinajstić information content (AvgIpc) is 2.54. The Morgan fingerprint density at radius 3 is 1.62 bits per heavy atom. The molecule has 21 heavy (non-hydrogen) atoms. The van der Waals surface area contributed by atoms with E-state index >= 15 is 0 Å². The van der Waals surface area contributed by atoms with Gasteiger partial charge in [0.1, 0.15) is 0 Å². The second kappa shape index (κ2) is 9.01. The fourth-order valence-corrected chi connectivity index (χ4v) is 10.4. The molecule has 0 nitrogen and oxygen atoms in total. The van der Waals surface area contributed by atoms with Gasteiger partial charge in [0.25, 0.3) is 0 Å². The van der Waals surface area contributed by atoms with Crippen LogP contribution in [-0.4, -0.2) is 33.2 Å². The summed E-state index contributed by atoms with van der Waals surface area (Å²) in [5, 5.41) is 0. The van der Waals surface area contributed by atoms with Crippen LogP contribution in [0.25, 0.3) is 0 Å². The summed E-state index contributed by atoms with van der Waals surface area (Å²) in [5.74, 6) is 1.21. The van der Waals surface area contributed by atoms with Crippen LogP contribution in [0.1, 0.15) is 18.1 Å². The van der Waals surface area contributed by atoms with E-state index in [1.54, 1.807) is 0 Å². The molecule has 0 bridgehead atoms. The van der Waals surface area contributed by atoms with Gasteiger partial charge in [-0.15, -0.1) is 0 Å². The van der Waals surface area contributed by atoms with Gasteiger partial charge in [0.15, 0.2) is 0 Å². The molecule has 0 aromatic heterocycles. The Hall–Kier alpha value is -0.261. The minimum atomic E-state index is -1.01. The summed E-state index contributed by atoms with van der Waals surface area (Å²) in [4.78, 5) is 0. The van der Waals surface area contributed by atoms with Gasteiger partial charge in [0, 0.05) is 0 Å². The standard InChI is InChI=1S/C18H23PSSe/c1-2-20-19(21,15-13-17-9-5-3-6-10-17)16-14-18-11-7-4-8-12-18/h3-12H,2,13-16H2,1H3. The van der Waals surface area contributed by atoms with Gasteiger partial charge < -0.3 is 0 Å². The van der Waals surface area contributed by atoms with E-state index < -0.39 is 4.71 Å². The molecule has 0 atom stereocenters.